The molecule has 0 aliphatic rings. The number of amides is 1. The van der Waals surface area contributed by atoms with Crippen molar-refractivity contribution in [2.24, 2.45) is 0 Å². The fourth-order valence-electron chi connectivity index (χ4n) is 1.71. The number of carbonyl (C=O) groups is 2. The third kappa shape index (κ3) is 3.64. The number of carbonyl (C=O) groups excluding carboxylic acids is 1. The molecule has 5 nitrogen and oxygen atoms in total. The van der Waals surface area contributed by atoms with Crippen LogP contribution in [0.2, 0.25) is 0 Å². The summed E-state index contributed by atoms with van der Waals surface area (Å²) < 4.78 is 0.885. The molecule has 1 heterocycles. The number of aromatic carboxylic acids is 1. The lowest BCUT2D eigenvalue weighted by Crippen LogP contribution is -2.17. The molecular formula is C14H11BrN2O3. The summed E-state index contributed by atoms with van der Waals surface area (Å²) >= 11 is 3.33. The van der Waals surface area contributed by atoms with Gasteiger partial charge in [-0.25, -0.2) is 4.79 Å². The standard InChI is InChI=1S/C14H11BrN2O3/c15-10-3-1-2-9(6-10)7-13(18)17-12-8-16-5-4-11(12)14(19)20/h1-6,8H,7H2,(H,17,18)(H,19,20). The Morgan fingerprint density at radius 1 is 1.30 bits per heavy atom. The fraction of sp³-hybridized carbons (Fsp3) is 0.0714. The average molecular weight is 335 g/mol. The highest BCUT2D eigenvalue weighted by Crippen LogP contribution is 2.15. The predicted molar refractivity (Wildman–Crippen MR) is 77.7 cm³/mol. The number of nitrogens with zero attached hydrogens (tertiary/aromatic N) is 1. The van der Waals surface area contributed by atoms with E-state index in [-0.39, 0.29) is 23.6 Å². The van der Waals surface area contributed by atoms with Crippen LogP contribution in [-0.4, -0.2) is 22.0 Å². The van der Waals surface area contributed by atoms with Crippen LogP contribution < -0.4 is 5.32 Å². The molecule has 0 aliphatic heterocycles. The highest BCUT2D eigenvalue weighted by molar-refractivity contribution is 9.10. The lowest BCUT2D eigenvalue weighted by atomic mass is 10.1. The van der Waals surface area contributed by atoms with Crippen molar-refractivity contribution in [3.8, 4) is 0 Å². The Balaban J connectivity index is 2.11. The van der Waals surface area contributed by atoms with Gasteiger partial charge in [-0.1, -0.05) is 28.1 Å². The van der Waals surface area contributed by atoms with E-state index in [4.69, 9.17) is 5.11 Å². The smallest absolute Gasteiger partial charge is 0.337 e. The molecular weight excluding hydrogens is 324 g/mol. The fourth-order valence-corrected chi connectivity index (χ4v) is 2.15. The van der Waals surface area contributed by atoms with Gasteiger partial charge in [0.2, 0.25) is 5.91 Å². The molecule has 2 N–H and O–H groups in total. The molecule has 1 aromatic carbocycles. The maximum absolute atomic E-state index is 11.9. The molecule has 0 saturated heterocycles. The molecule has 0 spiro atoms. The third-order valence-corrected chi connectivity index (χ3v) is 3.07. The molecule has 0 radical (unpaired) electrons. The Bertz CT molecular complexity index is 658. The summed E-state index contributed by atoms with van der Waals surface area (Å²) in [5.74, 6) is -1.40. The molecule has 0 fully saturated rings. The number of hydrogen-bond acceptors (Lipinski definition) is 3. The minimum atomic E-state index is -1.11. The van der Waals surface area contributed by atoms with Crippen molar-refractivity contribution in [3.05, 3.63) is 58.3 Å². The van der Waals surface area contributed by atoms with E-state index >= 15 is 0 Å². The zero-order valence-electron chi connectivity index (χ0n) is 10.3. The van der Waals surface area contributed by atoms with E-state index in [1.54, 1.807) is 0 Å². The Kier molecular flexibility index (Phi) is 4.47. The van der Waals surface area contributed by atoms with Gasteiger partial charge < -0.3 is 10.4 Å². The van der Waals surface area contributed by atoms with Gasteiger partial charge in [0.15, 0.2) is 0 Å². The SMILES string of the molecule is O=C(Cc1cccc(Br)c1)Nc1cnccc1C(=O)O. The molecule has 0 aliphatic carbocycles. The number of carboxylic acids is 1. The maximum atomic E-state index is 11.9. The van der Waals surface area contributed by atoms with Crippen molar-refractivity contribution < 1.29 is 14.7 Å². The second-order valence-electron chi connectivity index (χ2n) is 4.08. The van der Waals surface area contributed by atoms with E-state index in [9.17, 15) is 9.59 Å². The number of carboxylic acid groups (broad SMARTS) is 1. The van der Waals surface area contributed by atoms with Gasteiger partial charge in [0.1, 0.15) is 0 Å². The van der Waals surface area contributed by atoms with Crippen molar-refractivity contribution >= 4 is 33.5 Å². The molecule has 0 saturated carbocycles. The van der Waals surface area contributed by atoms with E-state index in [1.807, 2.05) is 24.3 Å². The van der Waals surface area contributed by atoms with Crippen molar-refractivity contribution in [2.45, 2.75) is 6.42 Å². The zero-order valence-corrected chi connectivity index (χ0v) is 11.9. The van der Waals surface area contributed by atoms with Crippen LogP contribution in [-0.2, 0) is 11.2 Å². The summed E-state index contributed by atoms with van der Waals surface area (Å²) in [6, 6.07) is 8.70. The number of nitrogens with one attached hydrogen (secondary N) is 1. The van der Waals surface area contributed by atoms with E-state index in [2.05, 4.69) is 26.2 Å². The number of anilines is 1. The summed E-state index contributed by atoms with van der Waals surface area (Å²) in [5, 5.41) is 11.6. The Labute approximate surface area is 123 Å². The second-order valence-corrected chi connectivity index (χ2v) is 5.00. The lowest BCUT2D eigenvalue weighted by Gasteiger charge is -2.07. The molecule has 1 amide bonds. The van der Waals surface area contributed by atoms with Crippen molar-refractivity contribution in [1.29, 1.82) is 0 Å². The molecule has 2 rings (SSSR count). The van der Waals surface area contributed by atoms with Crippen LogP contribution in [0.1, 0.15) is 15.9 Å². The highest BCUT2D eigenvalue weighted by Gasteiger charge is 2.12. The molecule has 6 heteroatoms. The largest absolute Gasteiger partial charge is 0.478 e. The van der Waals surface area contributed by atoms with Gasteiger partial charge in [0, 0.05) is 10.7 Å². The van der Waals surface area contributed by atoms with Crippen molar-refractivity contribution in [3.63, 3.8) is 0 Å². The number of aromatic nitrogens is 1. The Morgan fingerprint density at radius 3 is 2.80 bits per heavy atom. The number of pyridine rings is 1. The van der Waals surface area contributed by atoms with Gasteiger partial charge in [0.25, 0.3) is 0 Å². The van der Waals surface area contributed by atoms with Gasteiger partial charge >= 0.3 is 5.97 Å². The zero-order chi connectivity index (χ0) is 14.5. The number of benzene rings is 1. The van der Waals surface area contributed by atoms with Crippen LogP contribution in [0.25, 0.3) is 0 Å². The lowest BCUT2D eigenvalue weighted by molar-refractivity contribution is -0.115. The van der Waals surface area contributed by atoms with Gasteiger partial charge in [-0.15, -0.1) is 0 Å². The van der Waals surface area contributed by atoms with Crippen LogP contribution >= 0.6 is 15.9 Å². The van der Waals surface area contributed by atoms with Gasteiger partial charge in [-0.3, -0.25) is 9.78 Å². The molecule has 20 heavy (non-hydrogen) atoms. The van der Waals surface area contributed by atoms with Crippen LogP contribution in [0.4, 0.5) is 5.69 Å². The summed E-state index contributed by atoms with van der Waals surface area (Å²) in [4.78, 5) is 26.8. The average Bonchev–Trinajstić information content (AvgIpc) is 2.38. The number of hydrogen-bond donors (Lipinski definition) is 2. The third-order valence-electron chi connectivity index (χ3n) is 2.58. The van der Waals surface area contributed by atoms with Crippen LogP contribution in [0, 0.1) is 0 Å². The van der Waals surface area contributed by atoms with E-state index in [1.165, 1.54) is 18.5 Å². The number of halogens is 1. The van der Waals surface area contributed by atoms with E-state index in [0.717, 1.165) is 10.0 Å². The summed E-state index contributed by atoms with van der Waals surface area (Å²) in [6.07, 6.45) is 2.85. The van der Waals surface area contributed by atoms with Crippen molar-refractivity contribution in [2.75, 3.05) is 5.32 Å². The van der Waals surface area contributed by atoms with Crippen molar-refractivity contribution in [1.82, 2.24) is 4.98 Å². The first-order chi connectivity index (χ1) is 9.56. The molecule has 0 bridgehead atoms. The predicted octanol–water partition coefficient (Wildman–Crippen LogP) is 2.72. The first kappa shape index (κ1) is 14.2. The Morgan fingerprint density at radius 2 is 2.10 bits per heavy atom. The van der Waals surface area contributed by atoms with Crippen LogP contribution in [0.3, 0.4) is 0 Å². The minimum Gasteiger partial charge on any atom is -0.478 e. The quantitative estimate of drug-likeness (QED) is 0.900. The highest BCUT2D eigenvalue weighted by atomic mass is 79.9. The van der Waals surface area contributed by atoms with Gasteiger partial charge in [-0.2, -0.15) is 0 Å². The first-order valence-corrected chi connectivity index (χ1v) is 6.57. The molecule has 1 aromatic heterocycles. The van der Waals surface area contributed by atoms with E-state index in [0.29, 0.717) is 0 Å². The minimum absolute atomic E-state index is 0.0163. The normalized spacial score (nSPS) is 10.1. The Hall–Kier alpha value is -2.21. The maximum Gasteiger partial charge on any atom is 0.337 e. The number of rotatable bonds is 4. The molecule has 0 unspecified atom stereocenters. The molecule has 0 atom stereocenters. The van der Waals surface area contributed by atoms with Crippen LogP contribution in [0.15, 0.2) is 47.2 Å². The second kappa shape index (κ2) is 6.29. The topological polar surface area (TPSA) is 79.3 Å². The summed E-state index contributed by atoms with van der Waals surface area (Å²) in [5.41, 5.74) is 1.04. The summed E-state index contributed by atoms with van der Waals surface area (Å²) in [7, 11) is 0. The van der Waals surface area contributed by atoms with E-state index < -0.39 is 5.97 Å². The molecule has 2 aromatic rings. The van der Waals surface area contributed by atoms with Crippen LogP contribution in [0.5, 0.6) is 0 Å². The molecule has 102 valence electrons. The van der Waals surface area contributed by atoms with Gasteiger partial charge in [-0.05, 0) is 23.8 Å². The van der Waals surface area contributed by atoms with Gasteiger partial charge in [0.05, 0.1) is 23.9 Å². The monoisotopic (exact) mass is 334 g/mol. The first-order valence-electron chi connectivity index (χ1n) is 5.78. The summed E-state index contributed by atoms with van der Waals surface area (Å²) in [6.45, 7) is 0.